The van der Waals surface area contributed by atoms with E-state index in [-0.39, 0.29) is 6.04 Å². The molecule has 0 saturated heterocycles. The van der Waals surface area contributed by atoms with Crippen molar-refractivity contribution in [2.24, 2.45) is 5.92 Å². The second-order valence-electron chi connectivity index (χ2n) is 5.35. The van der Waals surface area contributed by atoms with E-state index in [9.17, 15) is 9.90 Å². The van der Waals surface area contributed by atoms with Crippen LogP contribution in [0.5, 0.6) is 0 Å². The van der Waals surface area contributed by atoms with Gasteiger partial charge in [-0.3, -0.25) is 4.79 Å². The highest BCUT2D eigenvalue weighted by Crippen LogP contribution is 2.32. The largest absolute Gasteiger partial charge is 0.481 e. The predicted octanol–water partition coefficient (Wildman–Crippen LogP) is 2.94. The summed E-state index contributed by atoms with van der Waals surface area (Å²) in [4.78, 5) is 13.3. The van der Waals surface area contributed by atoms with Crippen molar-refractivity contribution < 1.29 is 9.90 Å². The normalized spacial score (nSPS) is 14.6. The van der Waals surface area contributed by atoms with Crippen molar-refractivity contribution in [1.29, 1.82) is 0 Å². The Hall–Kier alpha value is -1.35. The van der Waals surface area contributed by atoms with Gasteiger partial charge in [0.15, 0.2) is 0 Å². The fourth-order valence-corrected chi connectivity index (χ4v) is 2.75. The number of carboxylic acids is 1. The molecule has 1 aromatic rings. The third-order valence-corrected chi connectivity index (χ3v) is 3.45. The summed E-state index contributed by atoms with van der Waals surface area (Å²) in [5.74, 6) is -1.19. The predicted molar refractivity (Wildman–Crippen MR) is 73.9 cm³/mol. The molecule has 2 atom stereocenters. The van der Waals surface area contributed by atoms with Gasteiger partial charge in [0, 0.05) is 6.04 Å². The highest BCUT2D eigenvalue weighted by molar-refractivity contribution is 5.71. The lowest BCUT2D eigenvalue weighted by Gasteiger charge is -2.31. The SMILES string of the molecule is Cc1cc(C)c(C(C(C)C(=O)O)N(C)C)c(C)c1. The maximum Gasteiger partial charge on any atom is 0.308 e. The Morgan fingerprint density at radius 2 is 1.61 bits per heavy atom. The molecule has 0 aliphatic rings. The molecule has 3 heteroatoms. The monoisotopic (exact) mass is 249 g/mol. The van der Waals surface area contributed by atoms with Crippen LogP contribution in [0.4, 0.5) is 0 Å². The van der Waals surface area contributed by atoms with Gasteiger partial charge in [-0.1, -0.05) is 24.6 Å². The van der Waals surface area contributed by atoms with Crippen molar-refractivity contribution in [2.75, 3.05) is 14.1 Å². The van der Waals surface area contributed by atoms with Crippen molar-refractivity contribution >= 4 is 5.97 Å². The maximum absolute atomic E-state index is 11.3. The van der Waals surface area contributed by atoms with E-state index in [1.54, 1.807) is 6.92 Å². The van der Waals surface area contributed by atoms with Crippen molar-refractivity contribution in [3.63, 3.8) is 0 Å². The number of rotatable bonds is 4. The van der Waals surface area contributed by atoms with Crippen LogP contribution >= 0.6 is 0 Å². The molecule has 1 rings (SSSR count). The fraction of sp³-hybridized carbons (Fsp3) is 0.533. The molecular formula is C15H23NO2. The summed E-state index contributed by atoms with van der Waals surface area (Å²) < 4.78 is 0. The first-order chi connectivity index (χ1) is 8.25. The first kappa shape index (κ1) is 14.7. The Kier molecular flexibility index (Phi) is 4.52. The molecule has 1 aromatic carbocycles. The summed E-state index contributed by atoms with van der Waals surface area (Å²) >= 11 is 0. The Bertz CT molecular complexity index is 429. The minimum absolute atomic E-state index is 0.0944. The Labute approximate surface area is 109 Å². The van der Waals surface area contributed by atoms with Gasteiger partial charge in [0.2, 0.25) is 0 Å². The number of benzene rings is 1. The van der Waals surface area contributed by atoms with Crippen LogP contribution in [0.25, 0.3) is 0 Å². The molecular weight excluding hydrogens is 226 g/mol. The van der Waals surface area contributed by atoms with Crippen molar-refractivity contribution in [3.8, 4) is 0 Å². The van der Waals surface area contributed by atoms with Gasteiger partial charge < -0.3 is 10.0 Å². The number of hydrogen-bond acceptors (Lipinski definition) is 2. The van der Waals surface area contributed by atoms with E-state index in [4.69, 9.17) is 0 Å². The standard InChI is InChI=1S/C15H23NO2/c1-9-7-10(2)13(11(3)8-9)14(16(5)6)12(4)15(17)18/h7-8,12,14H,1-6H3,(H,17,18). The number of nitrogens with zero attached hydrogens (tertiary/aromatic N) is 1. The second-order valence-corrected chi connectivity index (χ2v) is 5.35. The first-order valence-corrected chi connectivity index (χ1v) is 6.22. The smallest absolute Gasteiger partial charge is 0.308 e. The van der Waals surface area contributed by atoms with Gasteiger partial charge in [-0.25, -0.2) is 0 Å². The minimum atomic E-state index is -0.756. The van der Waals surface area contributed by atoms with Crippen molar-refractivity contribution in [2.45, 2.75) is 33.7 Å². The van der Waals surface area contributed by atoms with Crippen LogP contribution in [-0.2, 0) is 4.79 Å². The number of aryl methyl sites for hydroxylation is 3. The molecule has 0 radical (unpaired) electrons. The molecule has 0 amide bonds. The maximum atomic E-state index is 11.3. The summed E-state index contributed by atoms with van der Waals surface area (Å²) in [5, 5.41) is 9.27. The molecule has 1 N–H and O–H groups in total. The highest BCUT2D eigenvalue weighted by Gasteiger charge is 2.29. The van der Waals surface area contributed by atoms with E-state index in [0.29, 0.717) is 0 Å². The topological polar surface area (TPSA) is 40.5 Å². The van der Waals surface area contributed by atoms with Gasteiger partial charge in [0.1, 0.15) is 0 Å². The van der Waals surface area contributed by atoms with Gasteiger partial charge in [-0.05, 0) is 51.6 Å². The van der Waals surface area contributed by atoms with E-state index >= 15 is 0 Å². The summed E-state index contributed by atoms with van der Waals surface area (Å²) in [6.45, 7) is 7.95. The lowest BCUT2D eigenvalue weighted by atomic mass is 9.86. The molecule has 0 heterocycles. The lowest BCUT2D eigenvalue weighted by Crippen LogP contribution is -2.31. The van der Waals surface area contributed by atoms with E-state index in [2.05, 4.69) is 32.9 Å². The molecule has 3 nitrogen and oxygen atoms in total. The van der Waals surface area contributed by atoms with Gasteiger partial charge in [-0.15, -0.1) is 0 Å². The van der Waals surface area contributed by atoms with Crippen molar-refractivity contribution in [3.05, 3.63) is 34.4 Å². The zero-order chi connectivity index (χ0) is 14.0. The molecule has 0 aliphatic heterocycles. The average molecular weight is 249 g/mol. The molecule has 0 fully saturated rings. The quantitative estimate of drug-likeness (QED) is 0.892. The summed E-state index contributed by atoms with van der Waals surface area (Å²) in [7, 11) is 3.87. The van der Waals surface area contributed by atoms with Gasteiger partial charge in [-0.2, -0.15) is 0 Å². The van der Waals surface area contributed by atoms with Gasteiger partial charge in [0.05, 0.1) is 5.92 Å². The molecule has 100 valence electrons. The molecule has 2 unspecified atom stereocenters. The molecule has 0 aromatic heterocycles. The van der Waals surface area contributed by atoms with Crippen LogP contribution in [0.1, 0.15) is 35.2 Å². The van der Waals surface area contributed by atoms with E-state index in [1.165, 1.54) is 16.7 Å². The van der Waals surface area contributed by atoms with Gasteiger partial charge in [0.25, 0.3) is 0 Å². The van der Waals surface area contributed by atoms with E-state index < -0.39 is 11.9 Å². The van der Waals surface area contributed by atoms with Crippen LogP contribution in [0.3, 0.4) is 0 Å². The van der Waals surface area contributed by atoms with E-state index in [1.807, 2.05) is 19.0 Å². The zero-order valence-electron chi connectivity index (χ0n) is 12.1. The number of carboxylic acid groups (broad SMARTS) is 1. The fourth-order valence-electron chi connectivity index (χ4n) is 2.75. The number of hydrogen-bond donors (Lipinski definition) is 1. The summed E-state index contributed by atoms with van der Waals surface area (Å²) in [6.07, 6.45) is 0. The Balaban J connectivity index is 3.35. The minimum Gasteiger partial charge on any atom is -0.481 e. The highest BCUT2D eigenvalue weighted by atomic mass is 16.4. The van der Waals surface area contributed by atoms with Crippen LogP contribution in [0.2, 0.25) is 0 Å². The first-order valence-electron chi connectivity index (χ1n) is 6.22. The zero-order valence-corrected chi connectivity index (χ0v) is 12.1. The molecule has 0 saturated carbocycles. The number of aliphatic carboxylic acids is 1. The number of carbonyl (C=O) groups is 1. The van der Waals surface area contributed by atoms with Gasteiger partial charge >= 0.3 is 5.97 Å². The van der Waals surface area contributed by atoms with Crippen LogP contribution in [0.15, 0.2) is 12.1 Å². The van der Waals surface area contributed by atoms with Crippen LogP contribution in [0, 0.1) is 26.7 Å². The molecule has 0 aliphatic carbocycles. The molecule has 0 bridgehead atoms. The third kappa shape index (κ3) is 2.91. The average Bonchev–Trinajstić information content (AvgIpc) is 2.21. The third-order valence-electron chi connectivity index (χ3n) is 3.45. The van der Waals surface area contributed by atoms with E-state index in [0.717, 1.165) is 5.56 Å². The summed E-state index contributed by atoms with van der Waals surface area (Å²) in [5.41, 5.74) is 4.69. The Morgan fingerprint density at radius 3 is 1.94 bits per heavy atom. The lowest BCUT2D eigenvalue weighted by molar-refractivity contribution is -0.143. The van der Waals surface area contributed by atoms with Crippen LogP contribution < -0.4 is 0 Å². The van der Waals surface area contributed by atoms with Crippen molar-refractivity contribution in [1.82, 2.24) is 4.90 Å². The second kappa shape index (κ2) is 5.53. The Morgan fingerprint density at radius 1 is 1.17 bits per heavy atom. The molecule has 0 spiro atoms. The van der Waals surface area contributed by atoms with Crippen LogP contribution in [-0.4, -0.2) is 30.1 Å². The summed E-state index contributed by atoms with van der Waals surface area (Å²) in [6, 6.07) is 4.14. The molecule has 18 heavy (non-hydrogen) atoms.